The van der Waals surface area contributed by atoms with Crippen LogP contribution in [-0.2, 0) is 0 Å². The van der Waals surface area contributed by atoms with Gasteiger partial charge in [0.05, 0.1) is 0 Å². The predicted molar refractivity (Wildman–Crippen MR) is 40.3 cm³/mol. The van der Waals surface area contributed by atoms with E-state index in [1.54, 1.807) is 0 Å². The summed E-state index contributed by atoms with van der Waals surface area (Å²) >= 11 is 0. The minimum atomic E-state index is 0.694. The Morgan fingerprint density at radius 1 is 1.78 bits per heavy atom. The molecule has 0 aliphatic carbocycles. The average Bonchev–Trinajstić information content (AvgIpc) is 2.37. The lowest BCUT2D eigenvalue weighted by molar-refractivity contribution is 0.460. The standard InChI is InChI=1S/C8H15N/c1-3-7(2)8-4-5-9-6-8/h3,7-9H,1,4-6H2,2H3. The third-order valence-corrected chi connectivity index (χ3v) is 2.21. The second kappa shape index (κ2) is 3.02. The molecule has 0 aromatic heterocycles. The van der Waals surface area contributed by atoms with Crippen LogP contribution in [0.25, 0.3) is 0 Å². The van der Waals surface area contributed by atoms with Gasteiger partial charge in [0.1, 0.15) is 0 Å². The van der Waals surface area contributed by atoms with E-state index >= 15 is 0 Å². The van der Waals surface area contributed by atoms with E-state index in [1.165, 1.54) is 19.5 Å². The van der Waals surface area contributed by atoms with Crippen molar-refractivity contribution in [3.63, 3.8) is 0 Å². The first-order valence-corrected chi connectivity index (χ1v) is 3.68. The molecule has 0 aromatic rings. The van der Waals surface area contributed by atoms with Crippen LogP contribution in [0.15, 0.2) is 12.7 Å². The summed E-state index contributed by atoms with van der Waals surface area (Å²) in [7, 11) is 0. The van der Waals surface area contributed by atoms with Crippen molar-refractivity contribution >= 4 is 0 Å². The Bertz CT molecular complexity index is 92.7. The molecule has 1 saturated heterocycles. The molecule has 1 heterocycles. The molecule has 1 heteroatoms. The van der Waals surface area contributed by atoms with Crippen molar-refractivity contribution in [2.75, 3.05) is 13.1 Å². The molecule has 9 heavy (non-hydrogen) atoms. The van der Waals surface area contributed by atoms with Crippen molar-refractivity contribution in [3.8, 4) is 0 Å². The van der Waals surface area contributed by atoms with Crippen LogP contribution in [0, 0.1) is 11.8 Å². The van der Waals surface area contributed by atoms with Gasteiger partial charge in [0.2, 0.25) is 0 Å². The number of allylic oxidation sites excluding steroid dienone is 1. The second-order valence-electron chi connectivity index (χ2n) is 2.85. The molecule has 1 N–H and O–H groups in total. The van der Waals surface area contributed by atoms with Crippen LogP contribution in [0.2, 0.25) is 0 Å². The average molecular weight is 125 g/mol. The number of hydrogen-bond acceptors (Lipinski definition) is 1. The summed E-state index contributed by atoms with van der Waals surface area (Å²) in [5.41, 5.74) is 0. The van der Waals surface area contributed by atoms with Gasteiger partial charge in [0.25, 0.3) is 0 Å². The summed E-state index contributed by atoms with van der Waals surface area (Å²) in [4.78, 5) is 0. The zero-order valence-corrected chi connectivity index (χ0v) is 6.06. The van der Waals surface area contributed by atoms with Gasteiger partial charge in [-0.05, 0) is 31.3 Å². The van der Waals surface area contributed by atoms with Crippen molar-refractivity contribution in [2.45, 2.75) is 13.3 Å². The highest BCUT2D eigenvalue weighted by Crippen LogP contribution is 2.18. The van der Waals surface area contributed by atoms with Crippen LogP contribution in [0.4, 0.5) is 0 Å². The zero-order chi connectivity index (χ0) is 6.69. The zero-order valence-electron chi connectivity index (χ0n) is 6.06. The molecular formula is C8H15N. The third-order valence-electron chi connectivity index (χ3n) is 2.21. The maximum absolute atomic E-state index is 3.78. The Morgan fingerprint density at radius 3 is 3.00 bits per heavy atom. The Balaban J connectivity index is 2.32. The maximum Gasteiger partial charge on any atom is -0.00145 e. The second-order valence-corrected chi connectivity index (χ2v) is 2.85. The lowest BCUT2D eigenvalue weighted by Crippen LogP contribution is -2.13. The Labute approximate surface area is 57.1 Å². The molecule has 0 amide bonds. The van der Waals surface area contributed by atoms with Crippen LogP contribution in [0.5, 0.6) is 0 Å². The van der Waals surface area contributed by atoms with Crippen molar-refractivity contribution in [1.82, 2.24) is 5.32 Å². The summed E-state index contributed by atoms with van der Waals surface area (Å²) in [5.74, 6) is 1.54. The van der Waals surface area contributed by atoms with Gasteiger partial charge in [0.15, 0.2) is 0 Å². The van der Waals surface area contributed by atoms with E-state index in [0.717, 1.165) is 5.92 Å². The van der Waals surface area contributed by atoms with E-state index in [0.29, 0.717) is 5.92 Å². The Morgan fingerprint density at radius 2 is 2.56 bits per heavy atom. The van der Waals surface area contributed by atoms with Gasteiger partial charge < -0.3 is 5.32 Å². The van der Waals surface area contributed by atoms with Crippen molar-refractivity contribution in [3.05, 3.63) is 12.7 Å². The summed E-state index contributed by atoms with van der Waals surface area (Å²) in [6, 6.07) is 0. The Hall–Kier alpha value is -0.300. The summed E-state index contributed by atoms with van der Waals surface area (Å²) in [5, 5.41) is 3.34. The number of rotatable bonds is 2. The summed E-state index contributed by atoms with van der Waals surface area (Å²) in [6.45, 7) is 8.40. The molecule has 1 rings (SSSR count). The normalized spacial score (nSPS) is 30.1. The third kappa shape index (κ3) is 1.55. The summed E-state index contributed by atoms with van der Waals surface area (Å²) in [6.07, 6.45) is 3.38. The lowest BCUT2D eigenvalue weighted by atomic mass is 9.94. The molecule has 0 aromatic carbocycles. The van der Waals surface area contributed by atoms with Gasteiger partial charge in [-0.15, -0.1) is 6.58 Å². The molecule has 0 spiro atoms. The van der Waals surface area contributed by atoms with E-state index in [4.69, 9.17) is 0 Å². The molecule has 52 valence electrons. The van der Waals surface area contributed by atoms with Gasteiger partial charge in [0, 0.05) is 0 Å². The highest BCUT2D eigenvalue weighted by Gasteiger charge is 2.17. The van der Waals surface area contributed by atoms with Crippen LogP contribution in [0.3, 0.4) is 0 Å². The van der Waals surface area contributed by atoms with Gasteiger partial charge in [-0.1, -0.05) is 13.0 Å². The van der Waals surface area contributed by atoms with Crippen molar-refractivity contribution < 1.29 is 0 Å². The molecule has 1 aliphatic rings. The molecule has 1 nitrogen and oxygen atoms in total. The maximum atomic E-state index is 3.78. The minimum absolute atomic E-state index is 0.694. The number of nitrogens with one attached hydrogen (secondary N) is 1. The molecule has 1 aliphatic heterocycles. The van der Waals surface area contributed by atoms with E-state index in [-0.39, 0.29) is 0 Å². The Kier molecular flexibility index (Phi) is 2.29. The first kappa shape index (κ1) is 6.81. The number of hydrogen-bond donors (Lipinski definition) is 1. The lowest BCUT2D eigenvalue weighted by Gasteiger charge is -2.12. The molecule has 0 radical (unpaired) electrons. The monoisotopic (exact) mass is 125 g/mol. The van der Waals surface area contributed by atoms with Crippen LogP contribution in [-0.4, -0.2) is 13.1 Å². The van der Waals surface area contributed by atoms with E-state index < -0.39 is 0 Å². The highest BCUT2D eigenvalue weighted by atomic mass is 14.9. The highest BCUT2D eigenvalue weighted by molar-refractivity contribution is 4.85. The molecule has 2 unspecified atom stereocenters. The molecule has 2 atom stereocenters. The molecule has 0 saturated carbocycles. The van der Waals surface area contributed by atoms with E-state index in [9.17, 15) is 0 Å². The van der Waals surface area contributed by atoms with Gasteiger partial charge in [-0.2, -0.15) is 0 Å². The van der Waals surface area contributed by atoms with Crippen molar-refractivity contribution in [1.29, 1.82) is 0 Å². The van der Waals surface area contributed by atoms with E-state index in [2.05, 4.69) is 24.9 Å². The van der Waals surface area contributed by atoms with Crippen LogP contribution < -0.4 is 5.32 Å². The fourth-order valence-corrected chi connectivity index (χ4v) is 1.32. The largest absolute Gasteiger partial charge is 0.316 e. The summed E-state index contributed by atoms with van der Waals surface area (Å²) < 4.78 is 0. The van der Waals surface area contributed by atoms with Gasteiger partial charge >= 0.3 is 0 Å². The van der Waals surface area contributed by atoms with Gasteiger partial charge in [-0.25, -0.2) is 0 Å². The first-order chi connectivity index (χ1) is 4.34. The van der Waals surface area contributed by atoms with Crippen LogP contribution >= 0.6 is 0 Å². The molecule has 0 bridgehead atoms. The molecule has 1 fully saturated rings. The van der Waals surface area contributed by atoms with Crippen LogP contribution in [0.1, 0.15) is 13.3 Å². The smallest absolute Gasteiger partial charge is 0.00145 e. The fraction of sp³-hybridized carbons (Fsp3) is 0.750. The quantitative estimate of drug-likeness (QED) is 0.550. The van der Waals surface area contributed by atoms with E-state index in [1.807, 2.05) is 0 Å². The fourth-order valence-electron chi connectivity index (χ4n) is 1.32. The predicted octanol–water partition coefficient (Wildman–Crippen LogP) is 1.42. The first-order valence-electron chi connectivity index (χ1n) is 3.68. The van der Waals surface area contributed by atoms with Gasteiger partial charge in [-0.3, -0.25) is 0 Å². The minimum Gasteiger partial charge on any atom is -0.316 e. The topological polar surface area (TPSA) is 12.0 Å². The van der Waals surface area contributed by atoms with Crippen molar-refractivity contribution in [2.24, 2.45) is 11.8 Å². The molecular weight excluding hydrogens is 110 g/mol. The SMILES string of the molecule is C=CC(C)C1CCNC1.